The Morgan fingerprint density at radius 2 is 2.00 bits per heavy atom. The van der Waals surface area contributed by atoms with E-state index in [2.05, 4.69) is 10.5 Å². The van der Waals surface area contributed by atoms with E-state index in [1.807, 2.05) is 6.92 Å². The van der Waals surface area contributed by atoms with Crippen LogP contribution >= 0.6 is 0 Å². The van der Waals surface area contributed by atoms with Gasteiger partial charge in [0.25, 0.3) is 11.8 Å². The number of nitrogens with zero attached hydrogens (tertiary/aromatic N) is 3. The van der Waals surface area contributed by atoms with Crippen LogP contribution in [0.4, 0.5) is 8.78 Å². The number of halogens is 2. The SMILES string of the molecule is COC1=NO[C@@]2(CC[C@H](C)N3C[C@H]2n2cc(C(=O)NCc4ccc(F)cc4F)c(=O)c(OC(=O)CCCC(=O)O)c2C3=O)C1. The van der Waals surface area contributed by atoms with Gasteiger partial charge in [-0.25, -0.2) is 8.78 Å². The van der Waals surface area contributed by atoms with Crippen LogP contribution in [0.15, 0.2) is 34.3 Å². The standard InChI is InChI=1S/C29H30F2N4O9/c1-15-8-9-29(11-21(42-2)33-44-29)20-14-34(15)28(41)24-26(43-23(38)5-3-4-22(36)37)25(39)18(13-35(20)24)27(40)32-12-16-6-7-17(30)10-19(16)31/h6-7,10,13,15,20H,3-5,8-9,11-12,14H2,1-2H3,(H,32,40)(H,36,37)/t15-,20+,29-/m0/s1. The Kier molecular flexibility index (Phi) is 8.39. The molecule has 0 aliphatic carbocycles. The molecule has 1 aromatic heterocycles. The van der Waals surface area contributed by atoms with E-state index in [4.69, 9.17) is 19.4 Å². The molecule has 0 radical (unpaired) electrons. The Balaban J connectivity index is 1.59. The third-order valence-corrected chi connectivity index (χ3v) is 8.19. The normalized spacial score (nSPS) is 22.0. The number of oxime groups is 1. The van der Waals surface area contributed by atoms with E-state index in [0.29, 0.717) is 24.8 Å². The summed E-state index contributed by atoms with van der Waals surface area (Å²) in [4.78, 5) is 72.2. The number of nitrogens with one attached hydrogen (secondary N) is 1. The van der Waals surface area contributed by atoms with Gasteiger partial charge >= 0.3 is 11.9 Å². The minimum absolute atomic E-state index is 0.0472. The van der Waals surface area contributed by atoms with Gasteiger partial charge in [0.15, 0.2) is 11.3 Å². The molecule has 5 rings (SSSR count). The molecule has 3 aliphatic rings. The molecule has 1 spiro atoms. The van der Waals surface area contributed by atoms with Crippen molar-refractivity contribution in [2.45, 2.75) is 69.7 Å². The maximum atomic E-state index is 14.2. The van der Waals surface area contributed by atoms with Crippen LogP contribution in [0.5, 0.6) is 5.75 Å². The number of esters is 1. The Labute approximate surface area is 249 Å². The lowest BCUT2D eigenvalue weighted by Gasteiger charge is -2.41. The van der Waals surface area contributed by atoms with Crippen LogP contribution in [0.25, 0.3) is 0 Å². The highest BCUT2D eigenvalue weighted by molar-refractivity contribution is 6.00. The first-order chi connectivity index (χ1) is 20.9. The number of carbonyl (C=O) groups excluding carboxylic acids is 3. The van der Waals surface area contributed by atoms with Crippen molar-refractivity contribution in [1.82, 2.24) is 14.8 Å². The number of carboxylic acids is 1. The van der Waals surface area contributed by atoms with E-state index in [0.717, 1.165) is 12.1 Å². The fraction of sp³-hybridized carbons (Fsp3) is 0.448. The van der Waals surface area contributed by atoms with Crippen molar-refractivity contribution in [1.29, 1.82) is 0 Å². The number of carbonyl (C=O) groups is 4. The first-order valence-corrected chi connectivity index (χ1v) is 14.0. The Hall–Kier alpha value is -4.82. The molecule has 44 heavy (non-hydrogen) atoms. The number of fused-ring (bicyclic) bond motifs is 5. The second-order valence-electron chi connectivity index (χ2n) is 11.0. The number of aliphatic carboxylic acids is 1. The molecule has 0 unspecified atom stereocenters. The molecule has 2 aromatic rings. The summed E-state index contributed by atoms with van der Waals surface area (Å²) in [7, 11) is 1.44. The molecule has 1 fully saturated rings. The summed E-state index contributed by atoms with van der Waals surface area (Å²) in [6, 6.07) is 1.81. The van der Waals surface area contributed by atoms with Gasteiger partial charge in [-0.15, -0.1) is 0 Å². The van der Waals surface area contributed by atoms with Gasteiger partial charge in [-0.3, -0.25) is 24.0 Å². The van der Waals surface area contributed by atoms with Gasteiger partial charge < -0.3 is 34.2 Å². The van der Waals surface area contributed by atoms with Gasteiger partial charge in [-0.1, -0.05) is 11.2 Å². The quantitative estimate of drug-likeness (QED) is 0.424. The monoisotopic (exact) mass is 616 g/mol. The Morgan fingerprint density at radius 1 is 1.23 bits per heavy atom. The van der Waals surface area contributed by atoms with Crippen molar-refractivity contribution in [3.63, 3.8) is 0 Å². The zero-order chi connectivity index (χ0) is 31.8. The van der Waals surface area contributed by atoms with Crippen LogP contribution in [0, 0.1) is 11.6 Å². The van der Waals surface area contributed by atoms with Crippen molar-refractivity contribution in [3.05, 3.63) is 63.1 Å². The summed E-state index contributed by atoms with van der Waals surface area (Å²) in [5.74, 6) is -5.77. The summed E-state index contributed by atoms with van der Waals surface area (Å²) >= 11 is 0. The fourth-order valence-electron chi connectivity index (χ4n) is 5.76. The third-order valence-electron chi connectivity index (χ3n) is 8.19. The number of pyridine rings is 1. The number of rotatable bonds is 8. The number of hydrogen-bond acceptors (Lipinski definition) is 9. The lowest BCUT2D eigenvalue weighted by molar-refractivity contribution is -0.137. The van der Waals surface area contributed by atoms with Crippen LogP contribution in [0.1, 0.15) is 77.9 Å². The lowest BCUT2D eigenvalue weighted by Crippen LogP contribution is -2.52. The van der Waals surface area contributed by atoms with Crippen molar-refractivity contribution in [3.8, 4) is 5.75 Å². The maximum absolute atomic E-state index is 14.2. The topological polar surface area (TPSA) is 166 Å². The molecule has 15 heteroatoms. The van der Waals surface area contributed by atoms with Gasteiger partial charge in [-0.05, 0) is 32.3 Å². The Morgan fingerprint density at radius 3 is 2.68 bits per heavy atom. The van der Waals surface area contributed by atoms with Gasteiger partial charge in [-0.2, -0.15) is 0 Å². The highest BCUT2D eigenvalue weighted by Crippen LogP contribution is 2.46. The van der Waals surface area contributed by atoms with Gasteiger partial charge in [0.2, 0.25) is 17.1 Å². The number of methoxy groups -OCH3 is 1. The zero-order valence-electron chi connectivity index (χ0n) is 23.9. The summed E-state index contributed by atoms with van der Waals surface area (Å²) < 4.78 is 39.7. The highest BCUT2D eigenvalue weighted by Gasteiger charge is 2.55. The first-order valence-electron chi connectivity index (χ1n) is 14.0. The highest BCUT2D eigenvalue weighted by atomic mass is 19.1. The maximum Gasteiger partial charge on any atom is 0.311 e. The molecule has 13 nitrogen and oxygen atoms in total. The number of benzene rings is 1. The van der Waals surface area contributed by atoms with Crippen LogP contribution in [0.3, 0.4) is 0 Å². The van der Waals surface area contributed by atoms with Crippen LogP contribution in [-0.4, -0.2) is 69.5 Å². The average Bonchev–Trinajstić information content (AvgIpc) is 3.35. The first kappa shape index (κ1) is 30.6. The lowest BCUT2D eigenvalue weighted by atomic mass is 9.85. The molecule has 2 amide bonds. The molecule has 4 heterocycles. The van der Waals surface area contributed by atoms with Crippen molar-refractivity contribution < 1.29 is 47.4 Å². The number of hydrogen-bond donors (Lipinski definition) is 2. The van der Waals surface area contributed by atoms with Crippen LogP contribution in [0.2, 0.25) is 0 Å². The molecule has 3 atom stereocenters. The number of aromatic nitrogens is 1. The fourth-order valence-corrected chi connectivity index (χ4v) is 5.76. The number of ether oxygens (including phenoxy) is 2. The second kappa shape index (κ2) is 12.1. The smallest absolute Gasteiger partial charge is 0.311 e. The van der Waals surface area contributed by atoms with Gasteiger partial charge in [0.1, 0.15) is 17.2 Å². The van der Waals surface area contributed by atoms with E-state index in [-0.39, 0.29) is 49.5 Å². The average molecular weight is 617 g/mol. The molecule has 234 valence electrons. The molecule has 1 saturated heterocycles. The van der Waals surface area contributed by atoms with E-state index < -0.39 is 70.3 Å². The minimum Gasteiger partial charge on any atom is -0.482 e. The van der Waals surface area contributed by atoms with Gasteiger partial charge in [0, 0.05) is 49.8 Å². The van der Waals surface area contributed by atoms with Crippen LogP contribution in [-0.2, 0) is 25.7 Å². The zero-order valence-corrected chi connectivity index (χ0v) is 23.9. The van der Waals surface area contributed by atoms with E-state index in [1.165, 1.54) is 17.9 Å². The molecule has 2 bridgehead atoms. The summed E-state index contributed by atoms with van der Waals surface area (Å²) in [5, 5.41) is 15.4. The Bertz CT molecular complexity index is 1620. The predicted molar refractivity (Wildman–Crippen MR) is 147 cm³/mol. The third kappa shape index (κ3) is 5.73. The molecule has 1 aromatic carbocycles. The summed E-state index contributed by atoms with van der Waals surface area (Å²) in [6.45, 7) is 1.56. The minimum atomic E-state index is -1.13. The van der Waals surface area contributed by atoms with E-state index in [9.17, 15) is 32.8 Å². The van der Waals surface area contributed by atoms with Crippen molar-refractivity contribution in [2.24, 2.45) is 5.16 Å². The van der Waals surface area contributed by atoms with Crippen LogP contribution < -0.4 is 15.5 Å². The van der Waals surface area contributed by atoms with Crippen molar-refractivity contribution >= 4 is 29.7 Å². The largest absolute Gasteiger partial charge is 0.482 e. The van der Waals surface area contributed by atoms with Crippen molar-refractivity contribution in [2.75, 3.05) is 13.7 Å². The molecular formula is C29H30F2N4O9. The molecular weight excluding hydrogens is 586 g/mol. The van der Waals surface area contributed by atoms with Gasteiger partial charge in [0.05, 0.1) is 19.6 Å². The predicted octanol–water partition coefficient (Wildman–Crippen LogP) is 2.51. The summed E-state index contributed by atoms with van der Waals surface area (Å²) in [5.41, 5.74) is -2.94. The molecule has 0 saturated carbocycles. The number of carboxylic acid groups (broad SMARTS) is 1. The second-order valence-corrected chi connectivity index (χ2v) is 11.0. The van der Waals surface area contributed by atoms with E-state index >= 15 is 0 Å². The van der Waals surface area contributed by atoms with E-state index in [1.54, 1.807) is 4.90 Å². The summed E-state index contributed by atoms with van der Waals surface area (Å²) in [6.07, 6.45) is 1.55. The number of amides is 2. The molecule has 2 N–H and O–H groups in total. The molecule has 3 aliphatic heterocycles.